The van der Waals surface area contributed by atoms with Gasteiger partial charge in [0.25, 0.3) is 0 Å². The molecule has 1 aliphatic heterocycles. The summed E-state index contributed by atoms with van der Waals surface area (Å²) in [6.45, 7) is 8.62. The molecule has 0 bridgehead atoms. The van der Waals surface area contributed by atoms with E-state index < -0.39 is 10.8 Å². The minimum absolute atomic E-state index is 1.03. The number of nitrogens with zero attached hydrogens (tertiary/aromatic N) is 3. The van der Waals surface area contributed by atoms with Crippen LogP contribution in [0, 0.1) is 6.92 Å². The maximum atomic E-state index is 5.05. The van der Waals surface area contributed by atoms with E-state index in [0.29, 0.717) is 0 Å². The van der Waals surface area contributed by atoms with E-state index >= 15 is 0 Å². The summed E-state index contributed by atoms with van der Waals surface area (Å²) in [5.74, 6) is 0. The van der Waals surface area contributed by atoms with Crippen LogP contribution in [0.15, 0.2) is 30.3 Å². The van der Waals surface area contributed by atoms with Gasteiger partial charge in [-0.25, -0.2) is 9.56 Å². The number of hydrogen-bond acceptors (Lipinski definition) is 3. The van der Waals surface area contributed by atoms with Gasteiger partial charge in [-0.1, -0.05) is 0 Å². The molecule has 0 atom stereocenters. The van der Waals surface area contributed by atoms with Crippen molar-refractivity contribution >= 4 is 66.0 Å². The Morgan fingerprint density at radius 2 is 1.64 bits per heavy atom. The number of rotatable bonds is 3. The van der Waals surface area contributed by atoms with Crippen molar-refractivity contribution in [1.29, 1.82) is 0 Å². The molecule has 28 heavy (non-hydrogen) atoms. The molecule has 2 aliphatic rings. The summed E-state index contributed by atoms with van der Waals surface area (Å²) in [5, 5.41) is 1.21. The molecule has 0 aromatic heterocycles. The second kappa shape index (κ2) is 10.2. The Morgan fingerprint density at radius 1 is 1.04 bits per heavy atom. The third-order valence-corrected chi connectivity index (χ3v) is 5.37. The summed E-state index contributed by atoms with van der Waals surface area (Å²) in [6.07, 6.45) is 0. The Morgan fingerprint density at radius 3 is 2.18 bits per heavy atom. The second-order valence-electron chi connectivity index (χ2n) is 6.65. The van der Waals surface area contributed by atoms with E-state index in [1.54, 1.807) is 0 Å². The molecule has 0 saturated heterocycles. The second-order valence-corrected chi connectivity index (χ2v) is 35.5. The van der Waals surface area contributed by atoms with Crippen molar-refractivity contribution in [2.45, 2.75) is 20.8 Å². The molecule has 0 unspecified atom stereocenters. The molecule has 152 valence electrons. The van der Waals surface area contributed by atoms with Crippen LogP contribution in [0.4, 0.5) is 5.69 Å². The third kappa shape index (κ3) is 6.69. The molecule has 1 heterocycles. The van der Waals surface area contributed by atoms with Gasteiger partial charge in [-0.15, -0.1) is 11.3 Å². The van der Waals surface area contributed by atoms with Gasteiger partial charge in [-0.05, 0) is 44.5 Å². The number of aromatic nitrogens is 1. The molecule has 1 aromatic carbocycles. The van der Waals surface area contributed by atoms with Crippen molar-refractivity contribution in [1.82, 2.24) is 9.56 Å². The summed E-state index contributed by atoms with van der Waals surface area (Å²) >= 11 is 1.83. The molecule has 0 saturated carbocycles. The van der Waals surface area contributed by atoms with Gasteiger partial charge >= 0.3 is 49.6 Å². The Hall–Kier alpha value is -0.157. The van der Waals surface area contributed by atoms with E-state index in [1.165, 1.54) is 26.2 Å². The number of hydrogen-bond donors (Lipinski definition) is 0. The first-order valence-corrected chi connectivity index (χ1v) is 25.6. The van der Waals surface area contributed by atoms with Gasteiger partial charge in [-0.3, -0.25) is 0 Å². The Labute approximate surface area is 189 Å². The predicted molar refractivity (Wildman–Crippen MR) is 125 cm³/mol. The van der Waals surface area contributed by atoms with Crippen LogP contribution < -0.4 is 14.8 Å². The summed E-state index contributed by atoms with van der Waals surface area (Å²) in [6, 6.07) is 11.0. The predicted octanol–water partition coefficient (Wildman–Crippen LogP) is 6.34. The fourth-order valence-corrected chi connectivity index (χ4v) is 4.03. The fraction of sp³-hybridized carbons (Fsp3) is 0.368. The number of fused-ring (bicyclic) bond motifs is 2. The third-order valence-electron chi connectivity index (χ3n) is 4.29. The first-order valence-electron chi connectivity index (χ1n) is 9.21. The zero-order chi connectivity index (χ0) is 21.1. The molecule has 3 rings (SSSR count). The van der Waals surface area contributed by atoms with Gasteiger partial charge < -0.3 is 4.90 Å². The SMILES string of the molecule is CCN(CC)c1cc(C)c2nc3ccc(=[N+](C)C)cc-3sc2c1.[Cl][Zn-2]([Cl])([Cl])[Cl]. The van der Waals surface area contributed by atoms with E-state index in [9.17, 15) is 0 Å². The van der Waals surface area contributed by atoms with E-state index in [2.05, 4.69) is 74.7 Å². The molecule has 1 aromatic rings. The van der Waals surface area contributed by atoms with Gasteiger partial charge in [-0.2, -0.15) is 0 Å². The Balaban J connectivity index is 0.000000500. The normalized spacial score (nSPS) is 11.3. The zero-order valence-electron chi connectivity index (χ0n) is 16.8. The Bertz CT molecular complexity index is 987. The first-order chi connectivity index (χ1) is 13.0. The van der Waals surface area contributed by atoms with E-state index in [0.717, 1.165) is 24.3 Å². The molecular formula is C19H24Cl4N3SZn-. The minimum atomic E-state index is -3.36. The first kappa shape index (κ1) is 24.1. The number of aryl methyl sites for hydroxylation is 1. The molecule has 0 fully saturated rings. The zero-order valence-corrected chi connectivity index (χ0v) is 23.6. The average molecular weight is 534 g/mol. The van der Waals surface area contributed by atoms with Crippen LogP contribution in [-0.2, 0) is 10.8 Å². The van der Waals surface area contributed by atoms with Crippen LogP contribution in [-0.4, -0.2) is 32.2 Å². The van der Waals surface area contributed by atoms with Gasteiger partial charge in [0, 0.05) is 30.9 Å². The van der Waals surface area contributed by atoms with Crippen LogP contribution in [0.2, 0.25) is 0 Å². The molecule has 0 radical (unpaired) electrons. The average Bonchev–Trinajstić information content (AvgIpc) is 2.59. The summed E-state index contributed by atoms with van der Waals surface area (Å²) in [4.78, 5) is 8.53. The molecule has 0 spiro atoms. The van der Waals surface area contributed by atoms with Crippen LogP contribution >= 0.6 is 50.1 Å². The van der Waals surface area contributed by atoms with Crippen molar-refractivity contribution < 1.29 is 10.8 Å². The topological polar surface area (TPSA) is 19.1 Å². The Kier molecular flexibility index (Phi) is 8.82. The van der Waals surface area contributed by atoms with E-state index in [-0.39, 0.29) is 0 Å². The molecule has 0 N–H and O–H groups in total. The number of benzene rings is 2. The van der Waals surface area contributed by atoms with Gasteiger partial charge in [0.2, 0.25) is 5.36 Å². The standard InChI is InChI=1S/C19H24N3S.4ClH.Zn/c1-6-22(7-2)15-10-13(3)19-18(12-15)23-17-11-14(21(4)5)8-9-16(17)20-19;;;;;/h8-12H,6-7H2,1-5H3;4*1H;/q+1;;;;;+2/p-4. The fourth-order valence-electron chi connectivity index (χ4n) is 2.92. The van der Waals surface area contributed by atoms with Gasteiger partial charge in [0.15, 0.2) is 0 Å². The van der Waals surface area contributed by atoms with Crippen LogP contribution in [0.3, 0.4) is 0 Å². The summed E-state index contributed by atoms with van der Waals surface area (Å²) < 4.78 is 3.39. The molecule has 0 amide bonds. The van der Waals surface area contributed by atoms with Crippen molar-refractivity contribution in [3.8, 4) is 10.6 Å². The number of halogens is 4. The quantitative estimate of drug-likeness (QED) is 0.222. The van der Waals surface area contributed by atoms with Crippen LogP contribution in [0.25, 0.3) is 20.8 Å². The van der Waals surface area contributed by atoms with Crippen LogP contribution in [0.5, 0.6) is 0 Å². The molecule has 3 nitrogen and oxygen atoms in total. The molecular weight excluding hydrogens is 509 g/mol. The van der Waals surface area contributed by atoms with Crippen molar-refractivity contribution in [2.75, 3.05) is 32.1 Å². The summed E-state index contributed by atoms with van der Waals surface area (Å²) in [5.41, 5.74) is 4.74. The van der Waals surface area contributed by atoms with Crippen molar-refractivity contribution in [2.24, 2.45) is 0 Å². The van der Waals surface area contributed by atoms with Gasteiger partial charge in [0.05, 0.1) is 20.8 Å². The number of anilines is 1. The van der Waals surface area contributed by atoms with Crippen molar-refractivity contribution in [3.63, 3.8) is 0 Å². The van der Waals surface area contributed by atoms with E-state index in [4.69, 9.17) is 43.7 Å². The van der Waals surface area contributed by atoms with Crippen LogP contribution in [0.1, 0.15) is 19.4 Å². The van der Waals surface area contributed by atoms with Crippen molar-refractivity contribution in [3.05, 3.63) is 41.3 Å². The van der Waals surface area contributed by atoms with E-state index in [1.807, 2.05) is 11.3 Å². The monoisotopic (exact) mass is 530 g/mol. The van der Waals surface area contributed by atoms with Gasteiger partial charge in [0.1, 0.15) is 14.1 Å². The summed E-state index contributed by atoms with van der Waals surface area (Å²) in [7, 11) is 21.0. The molecule has 1 aliphatic carbocycles. The maximum absolute atomic E-state index is 5.05. The molecule has 9 heteroatoms.